The predicted octanol–water partition coefficient (Wildman–Crippen LogP) is 2.27. The molecule has 0 saturated heterocycles. The monoisotopic (exact) mass is 237 g/mol. The third-order valence-corrected chi connectivity index (χ3v) is 3.64. The highest BCUT2D eigenvalue weighted by Crippen LogP contribution is 2.29. The SMILES string of the molecule is CCOC(=O)C(NCC1CC1)C1CC=CCC1. The van der Waals surface area contributed by atoms with Crippen molar-refractivity contribution in [2.45, 2.75) is 45.1 Å². The molecule has 2 aliphatic carbocycles. The van der Waals surface area contributed by atoms with Gasteiger partial charge in [-0.1, -0.05) is 12.2 Å². The van der Waals surface area contributed by atoms with Gasteiger partial charge in [0.05, 0.1) is 6.61 Å². The second-order valence-electron chi connectivity index (χ2n) is 5.13. The molecule has 1 fully saturated rings. The van der Waals surface area contributed by atoms with Gasteiger partial charge >= 0.3 is 5.97 Å². The highest BCUT2D eigenvalue weighted by atomic mass is 16.5. The zero-order valence-corrected chi connectivity index (χ0v) is 10.7. The van der Waals surface area contributed by atoms with Crippen molar-refractivity contribution in [2.75, 3.05) is 13.2 Å². The minimum Gasteiger partial charge on any atom is -0.465 e. The maximum Gasteiger partial charge on any atom is 0.323 e. The van der Waals surface area contributed by atoms with Crippen LogP contribution in [-0.4, -0.2) is 25.2 Å². The van der Waals surface area contributed by atoms with E-state index in [0.29, 0.717) is 12.5 Å². The second kappa shape index (κ2) is 6.20. The highest BCUT2D eigenvalue weighted by Gasteiger charge is 2.31. The van der Waals surface area contributed by atoms with Gasteiger partial charge in [-0.25, -0.2) is 0 Å². The van der Waals surface area contributed by atoms with Crippen LogP contribution < -0.4 is 5.32 Å². The Morgan fingerprint density at radius 2 is 2.24 bits per heavy atom. The Balaban J connectivity index is 1.89. The molecule has 0 spiro atoms. The van der Waals surface area contributed by atoms with E-state index in [1.807, 2.05) is 6.92 Å². The van der Waals surface area contributed by atoms with Crippen LogP contribution in [0.25, 0.3) is 0 Å². The van der Waals surface area contributed by atoms with Crippen molar-refractivity contribution < 1.29 is 9.53 Å². The lowest BCUT2D eigenvalue weighted by Crippen LogP contribution is -2.45. The first-order valence-corrected chi connectivity index (χ1v) is 6.86. The van der Waals surface area contributed by atoms with Crippen LogP contribution in [0.4, 0.5) is 0 Å². The zero-order chi connectivity index (χ0) is 12.1. The van der Waals surface area contributed by atoms with Gasteiger partial charge < -0.3 is 10.1 Å². The van der Waals surface area contributed by atoms with Crippen LogP contribution in [0, 0.1) is 11.8 Å². The van der Waals surface area contributed by atoms with Crippen molar-refractivity contribution in [1.29, 1.82) is 0 Å². The number of carbonyl (C=O) groups is 1. The third kappa shape index (κ3) is 3.84. The van der Waals surface area contributed by atoms with Gasteiger partial charge in [0.25, 0.3) is 0 Å². The molecule has 1 N–H and O–H groups in total. The van der Waals surface area contributed by atoms with E-state index in [1.165, 1.54) is 12.8 Å². The normalized spacial score (nSPS) is 25.6. The molecule has 2 aliphatic rings. The largest absolute Gasteiger partial charge is 0.465 e. The first kappa shape index (κ1) is 12.6. The van der Waals surface area contributed by atoms with E-state index in [1.54, 1.807) is 0 Å². The van der Waals surface area contributed by atoms with Crippen molar-refractivity contribution >= 4 is 5.97 Å². The molecule has 2 atom stereocenters. The van der Waals surface area contributed by atoms with Gasteiger partial charge in [-0.05, 0) is 57.4 Å². The molecule has 2 unspecified atom stereocenters. The average molecular weight is 237 g/mol. The summed E-state index contributed by atoms with van der Waals surface area (Å²) in [5, 5.41) is 3.43. The summed E-state index contributed by atoms with van der Waals surface area (Å²) < 4.78 is 5.18. The molecule has 2 rings (SSSR count). The van der Waals surface area contributed by atoms with E-state index < -0.39 is 0 Å². The Morgan fingerprint density at radius 3 is 2.82 bits per heavy atom. The first-order valence-electron chi connectivity index (χ1n) is 6.86. The van der Waals surface area contributed by atoms with Crippen molar-refractivity contribution in [3.05, 3.63) is 12.2 Å². The van der Waals surface area contributed by atoms with Crippen LogP contribution in [0.15, 0.2) is 12.2 Å². The van der Waals surface area contributed by atoms with E-state index in [9.17, 15) is 4.79 Å². The smallest absolute Gasteiger partial charge is 0.323 e. The third-order valence-electron chi connectivity index (χ3n) is 3.64. The molecular weight excluding hydrogens is 214 g/mol. The molecule has 0 amide bonds. The summed E-state index contributed by atoms with van der Waals surface area (Å²) >= 11 is 0. The Kier molecular flexibility index (Phi) is 4.60. The lowest BCUT2D eigenvalue weighted by Gasteiger charge is -2.27. The molecule has 0 aliphatic heterocycles. The number of ether oxygens (including phenoxy) is 1. The number of rotatable bonds is 6. The summed E-state index contributed by atoms with van der Waals surface area (Å²) in [6, 6.07) is -0.0968. The maximum absolute atomic E-state index is 12.0. The van der Waals surface area contributed by atoms with E-state index in [4.69, 9.17) is 4.74 Å². The van der Waals surface area contributed by atoms with Crippen molar-refractivity contribution in [3.8, 4) is 0 Å². The van der Waals surface area contributed by atoms with E-state index in [0.717, 1.165) is 31.7 Å². The molecule has 0 aromatic carbocycles. The second-order valence-corrected chi connectivity index (χ2v) is 5.13. The van der Waals surface area contributed by atoms with Crippen LogP contribution in [0.2, 0.25) is 0 Å². The molecule has 0 bridgehead atoms. The molecule has 3 nitrogen and oxygen atoms in total. The van der Waals surface area contributed by atoms with E-state index in [2.05, 4.69) is 17.5 Å². The van der Waals surface area contributed by atoms with Gasteiger partial charge in [-0.15, -0.1) is 0 Å². The van der Waals surface area contributed by atoms with Crippen LogP contribution in [0.5, 0.6) is 0 Å². The number of carbonyl (C=O) groups excluding carboxylic acids is 1. The Hall–Kier alpha value is -0.830. The summed E-state index contributed by atoms with van der Waals surface area (Å²) in [6.07, 6.45) is 10.2. The molecule has 0 radical (unpaired) electrons. The van der Waals surface area contributed by atoms with Gasteiger partial charge in [-0.3, -0.25) is 4.79 Å². The molecule has 3 heteroatoms. The zero-order valence-electron chi connectivity index (χ0n) is 10.7. The standard InChI is InChI=1S/C14H23NO2/c1-2-17-14(16)13(15-10-11-8-9-11)12-6-4-3-5-7-12/h3-4,11-13,15H,2,5-10H2,1H3. The fourth-order valence-electron chi connectivity index (χ4n) is 2.41. The Labute approximate surface area is 104 Å². The van der Waals surface area contributed by atoms with Crippen LogP contribution >= 0.6 is 0 Å². The molecular formula is C14H23NO2. The molecule has 1 saturated carbocycles. The van der Waals surface area contributed by atoms with Gasteiger partial charge in [0.2, 0.25) is 0 Å². The van der Waals surface area contributed by atoms with Crippen molar-refractivity contribution in [3.63, 3.8) is 0 Å². The number of hydrogen-bond donors (Lipinski definition) is 1. The fraction of sp³-hybridized carbons (Fsp3) is 0.786. The highest BCUT2D eigenvalue weighted by molar-refractivity contribution is 5.76. The quantitative estimate of drug-likeness (QED) is 0.569. The topological polar surface area (TPSA) is 38.3 Å². The first-order chi connectivity index (χ1) is 8.31. The number of esters is 1. The number of allylic oxidation sites excluding steroid dienone is 2. The minimum absolute atomic E-state index is 0.0616. The molecule has 96 valence electrons. The van der Waals surface area contributed by atoms with Gasteiger partial charge in [0.15, 0.2) is 0 Å². The number of hydrogen-bond acceptors (Lipinski definition) is 3. The van der Waals surface area contributed by atoms with Gasteiger partial charge in [0.1, 0.15) is 6.04 Å². The predicted molar refractivity (Wildman–Crippen MR) is 67.6 cm³/mol. The Bertz CT molecular complexity index is 284. The number of nitrogens with one attached hydrogen (secondary N) is 1. The minimum atomic E-state index is -0.0968. The summed E-state index contributed by atoms with van der Waals surface area (Å²) in [4.78, 5) is 12.0. The lowest BCUT2D eigenvalue weighted by atomic mass is 9.87. The van der Waals surface area contributed by atoms with Crippen molar-refractivity contribution in [1.82, 2.24) is 5.32 Å². The summed E-state index contributed by atoms with van der Waals surface area (Å²) in [5.41, 5.74) is 0. The van der Waals surface area contributed by atoms with E-state index >= 15 is 0 Å². The lowest BCUT2D eigenvalue weighted by molar-refractivity contribution is -0.147. The molecule has 0 heterocycles. The molecule has 17 heavy (non-hydrogen) atoms. The van der Waals surface area contributed by atoms with Crippen LogP contribution in [-0.2, 0) is 9.53 Å². The molecule has 0 aromatic heterocycles. The van der Waals surface area contributed by atoms with Gasteiger partial charge in [0, 0.05) is 0 Å². The maximum atomic E-state index is 12.0. The van der Waals surface area contributed by atoms with Crippen molar-refractivity contribution in [2.24, 2.45) is 11.8 Å². The van der Waals surface area contributed by atoms with Crippen LogP contribution in [0.1, 0.15) is 39.0 Å². The summed E-state index contributed by atoms with van der Waals surface area (Å²) in [5.74, 6) is 1.15. The average Bonchev–Trinajstić information content (AvgIpc) is 3.15. The van der Waals surface area contributed by atoms with Crippen LogP contribution in [0.3, 0.4) is 0 Å². The van der Waals surface area contributed by atoms with E-state index in [-0.39, 0.29) is 12.0 Å². The van der Waals surface area contributed by atoms with Gasteiger partial charge in [-0.2, -0.15) is 0 Å². The fourth-order valence-corrected chi connectivity index (χ4v) is 2.41. The molecule has 0 aromatic rings. The summed E-state index contributed by atoms with van der Waals surface area (Å²) in [7, 11) is 0. The summed E-state index contributed by atoms with van der Waals surface area (Å²) in [6.45, 7) is 3.32. The Morgan fingerprint density at radius 1 is 1.41 bits per heavy atom.